The summed E-state index contributed by atoms with van der Waals surface area (Å²) >= 11 is 0. The van der Waals surface area contributed by atoms with E-state index in [9.17, 15) is 14.4 Å². The molecule has 2 heterocycles. The highest BCUT2D eigenvalue weighted by atomic mass is 16.5. The molecule has 1 fully saturated rings. The maximum Gasteiger partial charge on any atom is 0.342 e. The molecule has 0 aromatic carbocycles. The first-order chi connectivity index (χ1) is 10.0. The highest BCUT2D eigenvalue weighted by molar-refractivity contribution is 5.93. The summed E-state index contributed by atoms with van der Waals surface area (Å²) in [4.78, 5) is 36.6. The number of carbonyl (C=O) groups excluding carboxylic acids is 3. The van der Waals surface area contributed by atoms with Gasteiger partial charge in [-0.05, 0) is 32.3 Å². The predicted octanol–water partition coefficient (Wildman–Crippen LogP) is 0.611. The van der Waals surface area contributed by atoms with E-state index in [1.807, 2.05) is 0 Å². The van der Waals surface area contributed by atoms with Crippen LogP contribution >= 0.6 is 0 Å². The van der Waals surface area contributed by atoms with Gasteiger partial charge in [-0.1, -0.05) is 0 Å². The van der Waals surface area contributed by atoms with Crippen LogP contribution in [-0.2, 0) is 14.3 Å². The van der Waals surface area contributed by atoms with Crippen molar-refractivity contribution in [1.82, 2.24) is 4.90 Å². The average molecular weight is 294 g/mol. The van der Waals surface area contributed by atoms with Crippen molar-refractivity contribution in [1.29, 1.82) is 0 Å². The van der Waals surface area contributed by atoms with Crippen molar-refractivity contribution in [2.45, 2.75) is 32.2 Å². The monoisotopic (exact) mass is 294 g/mol. The summed E-state index contributed by atoms with van der Waals surface area (Å²) < 4.78 is 9.97. The largest absolute Gasteiger partial charge is 0.469 e. The Morgan fingerprint density at radius 1 is 1.43 bits per heavy atom. The number of nitrogens with two attached hydrogens (primary N) is 1. The van der Waals surface area contributed by atoms with Crippen LogP contribution in [0.5, 0.6) is 0 Å². The maximum absolute atomic E-state index is 12.1. The van der Waals surface area contributed by atoms with Gasteiger partial charge in [0.25, 0.3) is 5.91 Å². The molecule has 114 valence electrons. The number of aryl methyl sites for hydroxylation is 1. The van der Waals surface area contributed by atoms with Crippen molar-refractivity contribution in [2.75, 3.05) is 13.2 Å². The summed E-state index contributed by atoms with van der Waals surface area (Å²) in [5, 5.41) is 0. The Morgan fingerprint density at radius 2 is 2.19 bits per heavy atom. The molecule has 0 unspecified atom stereocenters. The van der Waals surface area contributed by atoms with E-state index in [1.54, 1.807) is 6.92 Å². The number of carbonyl (C=O) groups is 3. The first kappa shape index (κ1) is 15.1. The maximum atomic E-state index is 12.1. The summed E-state index contributed by atoms with van der Waals surface area (Å²) in [6, 6.07) is 0.871. The Morgan fingerprint density at radius 3 is 2.81 bits per heavy atom. The molecule has 1 saturated heterocycles. The number of hydrogen-bond acceptors (Lipinski definition) is 5. The molecule has 0 aliphatic carbocycles. The van der Waals surface area contributed by atoms with E-state index in [0.717, 1.165) is 12.8 Å². The minimum atomic E-state index is -0.623. The molecule has 7 heteroatoms. The van der Waals surface area contributed by atoms with Crippen molar-refractivity contribution < 1.29 is 23.5 Å². The number of piperidine rings is 1. The van der Waals surface area contributed by atoms with Gasteiger partial charge < -0.3 is 19.8 Å². The van der Waals surface area contributed by atoms with Gasteiger partial charge >= 0.3 is 5.97 Å². The number of hydrogen-bond donors (Lipinski definition) is 1. The van der Waals surface area contributed by atoms with Gasteiger partial charge in [0.2, 0.25) is 5.91 Å². The molecule has 0 radical (unpaired) electrons. The molecule has 1 aliphatic heterocycles. The van der Waals surface area contributed by atoms with E-state index < -0.39 is 30.4 Å². The van der Waals surface area contributed by atoms with Crippen LogP contribution in [-0.4, -0.2) is 41.9 Å². The predicted molar refractivity (Wildman–Crippen MR) is 72.3 cm³/mol. The molecular weight excluding hydrogens is 276 g/mol. The number of ether oxygens (including phenoxy) is 1. The second kappa shape index (κ2) is 6.43. The van der Waals surface area contributed by atoms with Gasteiger partial charge in [0.15, 0.2) is 6.61 Å². The van der Waals surface area contributed by atoms with Crippen LogP contribution in [0.25, 0.3) is 0 Å². The van der Waals surface area contributed by atoms with E-state index in [2.05, 4.69) is 0 Å². The minimum Gasteiger partial charge on any atom is -0.469 e. The molecule has 2 amide bonds. The van der Waals surface area contributed by atoms with Crippen LogP contribution in [0.1, 0.15) is 35.4 Å². The fraction of sp³-hybridized carbons (Fsp3) is 0.500. The first-order valence-electron chi connectivity index (χ1n) is 6.80. The molecule has 1 aromatic rings. The molecule has 1 aromatic heterocycles. The van der Waals surface area contributed by atoms with Crippen LogP contribution < -0.4 is 5.73 Å². The third-order valence-corrected chi connectivity index (χ3v) is 3.56. The van der Waals surface area contributed by atoms with Gasteiger partial charge in [0.05, 0.1) is 6.26 Å². The SMILES string of the molecule is Cc1occc1C(=O)OCC(=O)N1CCCC[C@@H]1C(N)=O. The van der Waals surface area contributed by atoms with Gasteiger partial charge in [-0.2, -0.15) is 0 Å². The lowest BCUT2D eigenvalue weighted by molar-refractivity contribution is -0.143. The summed E-state index contributed by atoms with van der Waals surface area (Å²) in [5.74, 6) is -1.13. The Labute approximate surface area is 122 Å². The molecule has 21 heavy (non-hydrogen) atoms. The Balaban J connectivity index is 1.93. The van der Waals surface area contributed by atoms with Gasteiger partial charge in [-0.25, -0.2) is 4.79 Å². The van der Waals surface area contributed by atoms with Crippen molar-refractivity contribution in [2.24, 2.45) is 5.73 Å². The minimum absolute atomic E-state index is 0.285. The molecule has 0 saturated carbocycles. The second-order valence-electron chi connectivity index (χ2n) is 4.97. The standard InChI is InChI=1S/C14H18N2O5/c1-9-10(5-7-20-9)14(19)21-8-12(17)16-6-3-2-4-11(16)13(15)18/h5,7,11H,2-4,6,8H2,1H3,(H2,15,18)/t11-/m1/s1. The summed E-state index contributed by atoms with van der Waals surface area (Å²) in [5.41, 5.74) is 5.58. The lowest BCUT2D eigenvalue weighted by Crippen LogP contribution is -2.51. The molecule has 0 spiro atoms. The zero-order chi connectivity index (χ0) is 15.4. The van der Waals surface area contributed by atoms with Crippen LogP contribution in [0, 0.1) is 6.92 Å². The number of rotatable bonds is 4. The fourth-order valence-corrected chi connectivity index (χ4v) is 2.41. The topological polar surface area (TPSA) is 103 Å². The van der Waals surface area contributed by atoms with Gasteiger partial charge in [-0.3, -0.25) is 9.59 Å². The normalized spacial score (nSPS) is 18.3. The number of likely N-dealkylation sites (tertiary alicyclic amines) is 1. The van der Waals surface area contributed by atoms with Gasteiger partial charge in [-0.15, -0.1) is 0 Å². The third kappa shape index (κ3) is 3.42. The molecule has 7 nitrogen and oxygen atoms in total. The van der Waals surface area contributed by atoms with Crippen LogP contribution in [0.15, 0.2) is 16.7 Å². The Kier molecular flexibility index (Phi) is 4.62. The van der Waals surface area contributed by atoms with Crippen LogP contribution in [0.2, 0.25) is 0 Å². The molecule has 1 atom stereocenters. The van der Waals surface area contributed by atoms with Crippen LogP contribution in [0.3, 0.4) is 0 Å². The van der Waals surface area contributed by atoms with E-state index in [-0.39, 0.29) is 5.56 Å². The van der Waals surface area contributed by atoms with E-state index in [0.29, 0.717) is 18.7 Å². The fourth-order valence-electron chi connectivity index (χ4n) is 2.41. The molecular formula is C14H18N2O5. The lowest BCUT2D eigenvalue weighted by Gasteiger charge is -2.33. The van der Waals surface area contributed by atoms with Crippen molar-refractivity contribution in [3.8, 4) is 0 Å². The van der Waals surface area contributed by atoms with Crippen molar-refractivity contribution in [3.05, 3.63) is 23.7 Å². The molecule has 0 bridgehead atoms. The van der Waals surface area contributed by atoms with E-state index in [1.165, 1.54) is 17.2 Å². The number of amides is 2. The molecule has 2 rings (SSSR count). The number of nitrogens with zero attached hydrogens (tertiary/aromatic N) is 1. The Hall–Kier alpha value is -2.31. The van der Waals surface area contributed by atoms with Crippen molar-refractivity contribution >= 4 is 17.8 Å². The van der Waals surface area contributed by atoms with Crippen molar-refractivity contribution in [3.63, 3.8) is 0 Å². The van der Waals surface area contributed by atoms with E-state index in [4.69, 9.17) is 14.9 Å². The van der Waals surface area contributed by atoms with Gasteiger partial charge in [0, 0.05) is 6.54 Å². The highest BCUT2D eigenvalue weighted by Gasteiger charge is 2.31. The first-order valence-corrected chi connectivity index (χ1v) is 6.80. The third-order valence-electron chi connectivity index (χ3n) is 3.56. The Bertz CT molecular complexity index is 551. The summed E-state index contributed by atoms with van der Waals surface area (Å²) in [6.07, 6.45) is 3.59. The number of esters is 1. The van der Waals surface area contributed by atoms with E-state index >= 15 is 0 Å². The zero-order valence-electron chi connectivity index (χ0n) is 11.8. The summed E-state index contributed by atoms with van der Waals surface area (Å²) in [6.45, 7) is 1.67. The number of furan rings is 1. The van der Waals surface area contributed by atoms with Gasteiger partial charge in [0.1, 0.15) is 17.4 Å². The summed E-state index contributed by atoms with van der Waals surface area (Å²) in [7, 11) is 0. The number of primary amides is 1. The second-order valence-corrected chi connectivity index (χ2v) is 4.97. The van der Waals surface area contributed by atoms with Crippen LogP contribution in [0.4, 0.5) is 0 Å². The average Bonchev–Trinajstić information content (AvgIpc) is 2.90. The lowest BCUT2D eigenvalue weighted by atomic mass is 10.0. The molecule has 1 aliphatic rings. The molecule has 2 N–H and O–H groups in total. The zero-order valence-corrected chi connectivity index (χ0v) is 11.8. The quantitative estimate of drug-likeness (QED) is 0.820. The smallest absolute Gasteiger partial charge is 0.342 e. The highest BCUT2D eigenvalue weighted by Crippen LogP contribution is 2.17.